The van der Waals surface area contributed by atoms with Crippen molar-refractivity contribution >= 4 is 28.0 Å². The predicted molar refractivity (Wildman–Crippen MR) is 125 cm³/mol. The summed E-state index contributed by atoms with van der Waals surface area (Å²) in [5.41, 5.74) is 4.51. The summed E-state index contributed by atoms with van der Waals surface area (Å²) in [4.78, 5) is 19.0. The second-order valence-corrected chi connectivity index (χ2v) is 9.14. The van der Waals surface area contributed by atoms with Crippen LogP contribution in [0.4, 0.5) is 16.6 Å². The van der Waals surface area contributed by atoms with E-state index in [1.807, 2.05) is 0 Å². The molecule has 0 bridgehead atoms. The number of nitrogens with one attached hydrogen (secondary N) is 1. The normalized spacial score (nSPS) is 15.0. The van der Waals surface area contributed by atoms with E-state index in [1.165, 1.54) is 5.56 Å². The molecular weight excluding hydrogens is 392 g/mol. The van der Waals surface area contributed by atoms with E-state index < -0.39 is 0 Å². The minimum absolute atomic E-state index is 0.345. The summed E-state index contributed by atoms with van der Waals surface area (Å²) in [6.07, 6.45) is 0. The topological polar surface area (TPSA) is 57.2 Å². The first-order chi connectivity index (χ1) is 14.5. The Morgan fingerprint density at radius 2 is 1.73 bits per heavy atom. The highest BCUT2D eigenvalue weighted by Gasteiger charge is 2.20. The van der Waals surface area contributed by atoms with Crippen molar-refractivity contribution in [2.75, 3.05) is 36.4 Å². The number of hydrogen-bond acceptors (Lipinski definition) is 7. The average molecular weight is 423 g/mol. The molecule has 1 aromatic carbocycles. The van der Waals surface area contributed by atoms with Gasteiger partial charge in [0.2, 0.25) is 0 Å². The third-order valence-electron chi connectivity index (χ3n) is 5.31. The first-order valence-electron chi connectivity index (χ1n) is 10.6. The molecule has 3 heterocycles. The quantitative estimate of drug-likeness (QED) is 0.619. The van der Waals surface area contributed by atoms with Gasteiger partial charge < -0.3 is 10.2 Å². The van der Waals surface area contributed by atoms with E-state index in [0.29, 0.717) is 5.92 Å². The van der Waals surface area contributed by atoms with Gasteiger partial charge in [0, 0.05) is 61.5 Å². The molecule has 30 heavy (non-hydrogen) atoms. The Hall–Kier alpha value is -2.51. The fourth-order valence-electron chi connectivity index (χ4n) is 3.56. The third kappa shape index (κ3) is 5.15. The summed E-state index contributed by atoms with van der Waals surface area (Å²) in [5.74, 6) is 2.34. The van der Waals surface area contributed by atoms with Gasteiger partial charge in [0.05, 0.1) is 5.69 Å². The number of thiazole rings is 1. The van der Waals surface area contributed by atoms with Crippen LogP contribution in [0.5, 0.6) is 0 Å². The molecule has 1 saturated heterocycles. The van der Waals surface area contributed by atoms with Gasteiger partial charge in [-0.2, -0.15) is 0 Å². The van der Waals surface area contributed by atoms with Crippen LogP contribution in [0.15, 0.2) is 35.7 Å². The number of aryl methyl sites for hydroxylation is 2. The van der Waals surface area contributed by atoms with Crippen molar-refractivity contribution < 1.29 is 0 Å². The highest BCUT2D eigenvalue weighted by molar-refractivity contribution is 7.13. The van der Waals surface area contributed by atoms with E-state index in [2.05, 4.69) is 83.5 Å². The standard InChI is InChI=1S/C23H30N6S/c1-16(2)22-24-18(4)13-21(27-22)29-11-9-28(10-12-29)14-20-15-30-23(26-20)25-19-7-5-17(3)6-8-19/h5-8,13,15-16H,9-12,14H2,1-4H3,(H,25,26). The summed E-state index contributed by atoms with van der Waals surface area (Å²) in [5, 5.41) is 6.51. The van der Waals surface area contributed by atoms with Crippen molar-refractivity contribution in [3.8, 4) is 0 Å². The first kappa shape index (κ1) is 20.8. The maximum absolute atomic E-state index is 4.79. The van der Waals surface area contributed by atoms with E-state index in [-0.39, 0.29) is 0 Å². The highest BCUT2D eigenvalue weighted by atomic mass is 32.1. The maximum Gasteiger partial charge on any atom is 0.187 e. The molecule has 158 valence electrons. The molecule has 0 spiro atoms. The zero-order valence-corrected chi connectivity index (χ0v) is 19.0. The van der Waals surface area contributed by atoms with Gasteiger partial charge in [-0.15, -0.1) is 11.3 Å². The molecule has 0 aliphatic carbocycles. The molecular formula is C23H30N6S. The van der Waals surface area contributed by atoms with Crippen molar-refractivity contribution in [3.05, 3.63) is 58.5 Å². The van der Waals surface area contributed by atoms with Crippen molar-refractivity contribution in [2.24, 2.45) is 0 Å². The summed E-state index contributed by atoms with van der Waals surface area (Å²) in [6.45, 7) is 13.3. The number of hydrogen-bond donors (Lipinski definition) is 1. The molecule has 6 nitrogen and oxygen atoms in total. The Morgan fingerprint density at radius 1 is 1.00 bits per heavy atom. The van der Waals surface area contributed by atoms with Crippen molar-refractivity contribution in [2.45, 2.75) is 40.2 Å². The lowest BCUT2D eigenvalue weighted by atomic mass is 10.2. The fourth-order valence-corrected chi connectivity index (χ4v) is 4.28. The Morgan fingerprint density at radius 3 is 2.43 bits per heavy atom. The van der Waals surface area contributed by atoms with Crippen LogP contribution in [0, 0.1) is 13.8 Å². The zero-order chi connectivity index (χ0) is 21.1. The number of anilines is 3. The molecule has 3 aromatic rings. The van der Waals surface area contributed by atoms with Crippen LogP contribution in [-0.4, -0.2) is 46.0 Å². The zero-order valence-electron chi connectivity index (χ0n) is 18.2. The molecule has 7 heteroatoms. The van der Waals surface area contributed by atoms with Gasteiger partial charge >= 0.3 is 0 Å². The maximum atomic E-state index is 4.79. The predicted octanol–water partition coefficient (Wildman–Crippen LogP) is 4.74. The molecule has 4 rings (SSSR count). The van der Waals surface area contributed by atoms with E-state index >= 15 is 0 Å². The van der Waals surface area contributed by atoms with Gasteiger partial charge in [0.15, 0.2) is 5.13 Å². The van der Waals surface area contributed by atoms with Crippen LogP contribution in [-0.2, 0) is 6.54 Å². The van der Waals surface area contributed by atoms with Gasteiger partial charge in [-0.1, -0.05) is 31.5 Å². The van der Waals surface area contributed by atoms with Crippen molar-refractivity contribution in [1.82, 2.24) is 19.9 Å². The Bertz CT molecular complexity index is 974. The van der Waals surface area contributed by atoms with Crippen LogP contribution >= 0.6 is 11.3 Å². The summed E-state index contributed by atoms with van der Waals surface area (Å²) >= 11 is 1.66. The molecule has 0 radical (unpaired) electrons. The molecule has 2 aromatic heterocycles. The van der Waals surface area contributed by atoms with E-state index in [4.69, 9.17) is 9.97 Å². The molecule has 0 atom stereocenters. The first-order valence-corrected chi connectivity index (χ1v) is 11.5. The Balaban J connectivity index is 1.32. The summed E-state index contributed by atoms with van der Waals surface area (Å²) in [6, 6.07) is 10.5. The number of benzene rings is 1. The van der Waals surface area contributed by atoms with E-state index in [0.717, 1.165) is 66.6 Å². The number of rotatable bonds is 6. The van der Waals surface area contributed by atoms with Crippen LogP contribution in [0.2, 0.25) is 0 Å². The Kier molecular flexibility index (Phi) is 6.29. The van der Waals surface area contributed by atoms with Crippen LogP contribution in [0.3, 0.4) is 0 Å². The molecule has 0 unspecified atom stereocenters. The third-order valence-corrected chi connectivity index (χ3v) is 6.12. The van der Waals surface area contributed by atoms with Crippen LogP contribution in [0.1, 0.15) is 42.5 Å². The van der Waals surface area contributed by atoms with Crippen LogP contribution < -0.4 is 10.2 Å². The average Bonchev–Trinajstić information content (AvgIpc) is 3.16. The minimum Gasteiger partial charge on any atom is -0.354 e. The smallest absolute Gasteiger partial charge is 0.187 e. The molecule has 1 aliphatic heterocycles. The monoisotopic (exact) mass is 422 g/mol. The number of nitrogens with zero attached hydrogens (tertiary/aromatic N) is 5. The molecule has 0 amide bonds. The van der Waals surface area contributed by atoms with E-state index in [1.54, 1.807) is 11.3 Å². The van der Waals surface area contributed by atoms with E-state index in [9.17, 15) is 0 Å². The lowest BCUT2D eigenvalue weighted by Crippen LogP contribution is -2.46. The lowest BCUT2D eigenvalue weighted by molar-refractivity contribution is 0.247. The van der Waals surface area contributed by atoms with Gasteiger partial charge in [-0.05, 0) is 26.0 Å². The van der Waals surface area contributed by atoms with Gasteiger partial charge in [0.25, 0.3) is 0 Å². The largest absolute Gasteiger partial charge is 0.354 e. The number of piperazine rings is 1. The lowest BCUT2D eigenvalue weighted by Gasteiger charge is -2.35. The fraction of sp³-hybridized carbons (Fsp3) is 0.435. The highest BCUT2D eigenvalue weighted by Crippen LogP contribution is 2.23. The van der Waals surface area contributed by atoms with Crippen molar-refractivity contribution in [3.63, 3.8) is 0 Å². The SMILES string of the molecule is Cc1ccc(Nc2nc(CN3CCN(c4cc(C)nc(C(C)C)n4)CC3)cs2)cc1. The molecule has 1 fully saturated rings. The van der Waals surface area contributed by atoms with Crippen LogP contribution in [0.25, 0.3) is 0 Å². The summed E-state index contributed by atoms with van der Waals surface area (Å²) in [7, 11) is 0. The van der Waals surface area contributed by atoms with Gasteiger partial charge in [0.1, 0.15) is 11.6 Å². The second kappa shape index (κ2) is 9.10. The molecule has 0 saturated carbocycles. The molecule has 1 N–H and O–H groups in total. The molecule has 1 aliphatic rings. The second-order valence-electron chi connectivity index (χ2n) is 8.28. The minimum atomic E-state index is 0.345. The Labute approximate surface area is 183 Å². The van der Waals surface area contributed by atoms with Gasteiger partial charge in [-0.3, -0.25) is 4.90 Å². The van der Waals surface area contributed by atoms with Crippen molar-refractivity contribution in [1.29, 1.82) is 0 Å². The number of aromatic nitrogens is 3. The summed E-state index contributed by atoms with van der Waals surface area (Å²) < 4.78 is 0. The van der Waals surface area contributed by atoms with Gasteiger partial charge in [-0.25, -0.2) is 15.0 Å².